The quantitative estimate of drug-likeness (QED) is 0.597. The number of rotatable bonds is 7. The third-order valence-electron chi connectivity index (χ3n) is 2.93. The molecule has 1 atom stereocenters. The zero-order valence-corrected chi connectivity index (χ0v) is 13.2. The fourth-order valence-electron chi connectivity index (χ4n) is 1.87. The van der Waals surface area contributed by atoms with Crippen LogP contribution in [0.4, 0.5) is 8.78 Å². The van der Waals surface area contributed by atoms with Gasteiger partial charge < -0.3 is 14.8 Å². The van der Waals surface area contributed by atoms with Crippen molar-refractivity contribution in [3.05, 3.63) is 47.5 Å². The molecule has 0 unspecified atom stereocenters. The lowest BCUT2D eigenvalue weighted by Crippen LogP contribution is -2.41. The summed E-state index contributed by atoms with van der Waals surface area (Å²) in [6.45, 7) is 0. The van der Waals surface area contributed by atoms with Crippen molar-refractivity contribution in [1.29, 1.82) is 0 Å². The molecule has 130 valence electrons. The molecule has 0 aliphatic rings. The van der Waals surface area contributed by atoms with Crippen LogP contribution in [0, 0.1) is 11.6 Å². The number of hydrogen-bond donors (Lipinski definition) is 1. The molecular formula is C16H17F2NO5. The summed E-state index contributed by atoms with van der Waals surface area (Å²) >= 11 is 0. The topological polar surface area (TPSA) is 81.7 Å². The molecule has 0 radical (unpaired) electrons. The summed E-state index contributed by atoms with van der Waals surface area (Å²) in [5, 5.41) is 2.39. The van der Waals surface area contributed by atoms with Crippen LogP contribution >= 0.6 is 0 Å². The number of hydrogen-bond acceptors (Lipinski definition) is 5. The number of carbonyl (C=O) groups is 3. The van der Waals surface area contributed by atoms with Crippen molar-refractivity contribution in [3.63, 3.8) is 0 Å². The molecule has 6 nitrogen and oxygen atoms in total. The summed E-state index contributed by atoms with van der Waals surface area (Å²) in [4.78, 5) is 34.6. The number of carbonyl (C=O) groups excluding carboxylic acids is 3. The van der Waals surface area contributed by atoms with Gasteiger partial charge in [0.15, 0.2) is 0 Å². The van der Waals surface area contributed by atoms with Crippen LogP contribution in [0.15, 0.2) is 30.4 Å². The first-order chi connectivity index (χ1) is 11.3. The van der Waals surface area contributed by atoms with Gasteiger partial charge in [0.25, 0.3) is 0 Å². The molecule has 1 aromatic rings. The van der Waals surface area contributed by atoms with Crippen LogP contribution < -0.4 is 5.32 Å². The molecule has 0 aliphatic carbocycles. The van der Waals surface area contributed by atoms with Gasteiger partial charge >= 0.3 is 11.9 Å². The molecule has 1 N–H and O–H groups in total. The van der Waals surface area contributed by atoms with E-state index in [2.05, 4.69) is 14.8 Å². The Morgan fingerprint density at radius 2 is 1.75 bits per heavy atom. The molecule has 0 heterocycles. The molecule has 1 amide bonds. The Balaban J connectivity index is 2.71. The number of nitrogens with one attached hydrogen (secondary N) is 1. The van der Waals surface area contributed by atoms with Crippen molar-refractivity contribution in [1.82, 2.24) is 5.32 Å². The second-order valence-electron chi connectivity index (χ2n) is 4.76. The Bertz CT molecular complexity index is 625. The highest BCUT2D eigenvalue weighted by Crippen LogP contribution is 2.09. The van der Waals surface area contributed by atoms with Crippen molar-refractivity contribution < 1.29 is 32.6 Å². The van der Waals surface area contributed by atoms with Gasteiger partial charge in [-0.25, -0.2) is 18.4 Å². The van der Waals surface area contributed by atoms with E-state index in [9.17, 15) is 23.2 Å². The highest BCUT2D eigenvalue weighted by molar-refractivity contribution is 5.86. The SMILES string of the molecule is COC(=O)/C=C/C[C@@H](NC(=O)Cc1cc(F)cc(F)c1)C(=O)OC. The monoisotopic (exact) mass is 341 g/mol. The van der Waals surface area contributed by atoms with Gasteiger partial charge in [0.1, 0.15) is 17.7 Å². The summed E-state index contributed by atoms with van der Waals surface area (Å²) in [5.41, 5.74) is 0.124. The Hall–Kier alpha value is -2.77. The molecule has 0 saturated heterocycles. The van der Waals surface area contributed by atoms with Crippen molar-refractivity contribution in [2.75, 3.05) is 14.2 Å². The van der Waals surface area contributed by atoms with Gasteiger partial charge in [0, 0.05) is 12.1 Å². The lowest BCUT2D eigenvalue weighted by molar-refractivity contribution is -0.145. The number of ether oxygens (including phenoxy) is 2. The summed E-state index contributed by atoms with van der Waals surface area (Å²) in [6.07, 6.45) is 2.12. The van der Waals surface area contributed by atoms with Crippen LogP contribution in [0.25, 0.3) is 0 Å². The number of halogens is 2. The molecule has 0 fully saturated rings. The van der Waals surface area contributed by atoms with Crippen molar-refractivity contribution in [3.8, 4) is 0 Å². The highest BCUT2D eigenvalue weighted by Gasteiger charge is 2.20. The number of methoxy groups -OCH3 is 2. The summed E-state index contributed by atoms with van der Waals surface area (Å²) < 4.78 is 35.2. The summed E-state index contributed by atoms with van der Waals surface area (Å²) in [5.74, 6) is -3.56. The Morgan fingerprint density at radius 1 is 1.12 bits per heavy atom. The second kappa shape index (κ2) is 9.39. The van der Waals surface area contributed by atoms with Gasteiger partial charge in [0.05, 0.1) is 20.6 Å². The van der Waals surface area contributed by atoms with E-state index in [1.165, 1.54) is 13.2 Å². The first-order valence-electron chi connectivity index (χ1n) is 6.92. The van der Waals surface area contributed by atoms with E-state index in [-0.39, 0.29) is 18.4 Å². The maximum Gasteiger partial charge on any atom is 0.330 e. The van der Waals surface area contributed by atoms with E-state index in [1.54, 1.807) is 0 Å². The van der Waals surface area contributed by atoms with Crippen molar-refractivity contribution >= 4 is 17.8 Å². The lowest BCUT2D eigenvalue weighted by atomic mass is 10.1. The Morgan fingerprint density at radius 3 is 2.29 bits per heavy atom. The maximum atomic E-state index is 13.1. The van der Waals surface area contributed by atoms with Crippen LogP contribution in [-0.4, -0.2) is 38.1 Å². The van der Waals surface area contributed by atoms with Gasteiger partial charge in [-0.15, -0.1) is 0 Å². The zero-order chi connectivity index (χ0) is 18.1. The van der Waals surface area contributed by atoms with E-state index in [1.807, 2.05) is 0 Å². The van der Waals surface area contributed by atoms with E-state index < -0.39 is 35.5 Å². The molecule has 0 spiro atoms. The van der Waals surface area contributed by atoms with E-state index >= 15 is 0 Å². The molecule has 8 heteroatoms. The predicted octanol–water partition coefficient (Wildman–Crippen LogP) is 1.28. The maximum absolute atomic E-state index is 13.1. The van der Waals surface area contributed by atoms with Crippen LogP contribution in [0.2, 0.25) is 0 Å². The largest absolute Gasteiger partial charge is 0.467 e. The van der Waals surface area contributed by atoms with Crippen LogP contribution in [0.1, 0.15) is 12.0 Å². The van der Waals surface area contributed by atoms with Crippen molar-refractivity contribution in [2.24, 2.45) is 0 Å². The fraction of sp³-hybridized carbons (Fsp3) is 0.312. The van der Waals surface area contributed by atoms with E-state index in [0.29, 0.717) is 6.07 Å². The molecule has 0 saturated carbocycles. The van der Waals surface area contributed by atoms with Gasteiger partial charge in [0.2, 0.25) is 5.91 Å². The molecule has 0 aliphatic heterocycles. The third-order valence-corrected chi connectivity index (χ3v) is 2.93. The first kappa shape index (κ1) is 19.3. The predicted molar refractivity (Wildman–Crippen MR) is 79.8 cm³/mol. The van der Waals surface area contributed by atoms with Crippen LogP contribution in [0.3, 0.4) is 0 Å². The molecule has 0 aromatic heterocycles. The Kier molecular flexibility index (Phi) is 7.54. The summed E-state index contributed by atoms with van der Waals surface area (Å²) in [7, 11) is 2.35. The molecular weight excluding hydrogens is 324 g/mol. The van der Waals surface area contributed by atoms with Gasteiger partial charge in [-0.1, -0.05) is 6.08 Å². The molecule has 1 aromatic carbocycles. The minimum Gasteiger partial charge on any atom is -0.467 e. The van der Waals surface area contributed by atoms with Gasteiger partial charge in [-0.2, -0.15) is 0 Å². The summed E-state index contributed by atoms with van der Waals surface area (Å²) in [6, 6.07) is 1.69. The average Bonchev–Trinajstić information content (AvgIpc) is 2.51. The number of amides is 1. The van der Waals surface area contributed by atoms with Crippen molar-refractivity contribution in [2.45, 2.75) is 18.9 Å². The normalized spacial score (nSPS) is 11.8. The standard InChI is InChI=1S/C16H17F2NO5/c1-23-15(21)5-3-4-13(16(22)24-2)19-14(20)8-10-6-11(17)9-12(18)7-10/h3,5-7,9,13H,4,8H2,1-2H3,(H,19,20)/b5-3+/t13-/m1/s1. The van der Waals surface area contributed by atoms with E-state index in [0.717, 1.165) is 25.3 Å². The smallest absolute Gasteiger partial charge is 0.330 e. The number of benzene rings is 1. The third kappa shape index (κ3) is 6.55. The lowest BCUT2D eigenvalue weighted by Gasteiger charge is -2.15. The number of esters is 2. The molecule has 1 rings (SSSR count). The highest BCUT2D eigenvalue weighted by atomic mass is 19.1. The second-order valence-corrected chi connectivity index (χ2v) is 4.76. The van der Waals surface area contributed by atoms with Gasteiger partial charge in [-0.3, -0.25) is 4.79 Å². The minimum atomic E-state index is -1.04. The molecule has 0 bridgehead atoms. The van der Waals surface area contributed by atoms with Crippen LogP contribution in [0.5, 0.6) is 0 Å². The first-order valence-corrected chi connectivity index (χ1v) is 6.92. The minimum absolute atomic E-state index is 0.00890. The van der Waals surface area contributed by atoms with Crippen LogP contribution in [-0.2, 0) is 30.3 Å². The average molecular weight is 341 g/mol. The Labute approximate surface area is 137 Å². The zero-order valence-electron chi connectivity index (χ0n) is 13.2. The van der Waals surface area contributed by atoms with Gasteiger partial charge in [-0.05, 0) is 24.1 Å². The fourth-order valence-corrected chi connectivity index (χ4v) is 1.87. The molecule has 24 heavy (non-hydrogen) atoms. The van der Waals surface area contributed by atoms with E-state index in [4.69, 9.17) is 0 Å².